The summed E-state index contributed by atoms with van der Waals surface area (Å²) in [5.41, 5.74) is 0. The first kappa shape index (κ1) is 20.3. The second-order valence-corrected chi connectivity index (χ2v) is 9.02. The van der Waals surface area contributed by atoms with Crippen LogP contribution in [0.2, 0.25) is 0 Å². The number of sulfonamides is 1. The first-order valence-corrected chi connectivity index (χ1v) is 10.3. The van der Waals surface area contributed by atoms with Crippen LogP contribution < -0.4 is 4.74 Å². The molecule has 0 saturated carbocycles. The fourth-order valence-electron chi connectivity index (χ4n) is 2.64. The Balaban J connectivity index is 2.25. The molecule has 1 aromatic rings. The highest BCUT2D eigenvalue weighted by atomic mass is 32.2. The van der Waals surface area contributed by atoms with Gasteiger partial charge in [-0.15, -0.1) is 13.2 Å². The Morgan fingerprint density at radius 2 is 1.92 bits per heavy atom. The van der Waals surface area contributed by atoms with Crippen molar-refractivity contribution in [2.75, 3.05) is 38.7 Å². The molecule has 1 saturated heterocycles. The van der Waals surface area contributed by atoms with E-state index in [1.54, 1.807) is 11.8 Å². The number of halogens is 3. The van der Waals surface area contributed by atoms with Crippen molar-refractivity contribution in [2.24, 2.45) is 0 Å². The van der Waals surface area contributed by atoms with E-state index in [-0.39, 0.29) is 10.9 Å². The number of rotatable bonds is 5. The highest BCUT2D eigenvalue weighted by Gasteiger charge is 2.34. The fraction of sp³-hybridized carbons (Fsp3) is 0.600. The third kappa shape index (κ3) is 5.77. The van der Waals surface area contributed by atoms with E-state index < -0.39 is 22.1 Å². The van der Waals surface area contributed by atoms with Gasteiger partial charge in [0.1, 0.15) is 5.75 Å². The van der Waals surface area contributed by atoms with Gasteiger partial charge in [0.25, 0.3) is 0 Å². The Kier molecular flexibility index (Phi) is 6.63. The summed E-state index contributed by atoms with van der Waals surface area (Å²) < 4.78 is 67.9. The lowest BCUT2D eigenvalue weighted by molar-refractivity contribution is -0.274. The summed E-state index contributed by atoms with van der Waals surface area (Å²) in [6, 6.07) is 4.17. The van der Waals surface area contributed by atoms with E-state index in [4.69, 9.17) is 0 Å². The van der Waals surface area contributed by atoms with Crippen molar-refractivity contribution < 1.29 is 26.3 Å². The summed E-state index contributed by atoms with van der Waals surface area (Å²) >= 11 is 1.71. The predicted molar refractivity (Wildman–Crippen MR) is 91.3 cm³/mol. The predicted octanol–water partition coefficient (Wildman–Crippen LogP) is 2.64. The van der Waals surface area contributed by atoms with Gasteiger partial charge in [0, 0.05) is 24.9 Å². The molecular weight excluding hydrogens is 377 g/mol. The minimum atomic E-state index is -4.81. The van der Waals surface area contributed by atoms with Crippen molar-refractivity contribution in [1.29, 1.82) is 0 Å². The number of hydrogen-bond donors (Lipinski definition) is 0. The topological polar surface area (TPSA) is 49.9 Å². The van der Waals surface area contributed by atoms with Crippen molar-refractivity contribution in [3.8, 4) is 5.75 Å². The summed E-state index contributed by atoms with van der Waals surface area (Å²) in [6.07, 6.45) is -4.07. The Labute approximate surface area is 150 Å². The standard InChI is InChI=1S/C15H21F3N2O3S2/c1-19(2)10-12-11-24-9-3-8-20(12)25(21,22)14-6-4-13(5-7-14)23-15(16,17)18/h4-7,12H,3,8-11H2,1-2H3. The highest BCUT2D eigenvalue weighted by Crippen LogP contribution is 2.28. The first-order chi connectivity index (χ1) is 11.6. The molecule has 1 aliphatic heterocycles. The molecule has 1 unspecified atom stereocenters. The largest absolute Gasteiger partial charge is 0.573 e. The monoisotopic (exact) mass is 398 g/mol. The van der Waals surface area contributed by atoms with E-state index >= 15 is 0 Å². The average Bonchev–Trinajstić information content (AvgIpc) is 2.71. The number of likely N-dealkylation sites (N-methyl/N-ethyl adjacent to an activating group) is 1. The smallest absolute Gasteiger partial charge is 0.406 e. The summed E-state index contributed by atoms with van der Waals surface area (Å²) in [7, 11) is -0.0269. The zero-order valence-electron chi connectivity index (χ0n) is 14.0. The van der Waals surface area contributed by atoms with Crippen molar-refractivity contribution in [1.82, 2.24) is 9.21 Å². The molecule has 0 radical (unpaired) electrons. The highest BCUT2D eigenvalue weighted by molar-refractivity contribution is 7.99. The van der Waals surface area contributed by atoms with Crippen LogP contribution >= 0.6 is 11.8 Å². The number of nitrogens with zero attached hydrogens (tertiary/aromatic N) is 2. The lowest BCUT2D eigenvalue weighted by atomic mass is 10.3. The molecule has 1 heterocycles. The summed E-state index contributed by atoms with van der Waals surface area (Å²) in [5, 5.41) is 0. The SMILES string of the molecule is CN(C)CC1CSCCCN1S(=O)(=O)c1ccc(OC(F)(F)F)cc1. The van der Waals surface area contributed by atoms with Gasteiger partial charge in [-0.05, 0) is 50.5 Å². The van der Waals surface area contributed by atoms with Gasteiger partial charge in [0.2, 0.25) is 10.0 Å². The van der Waals surface area contributed by atoms with E-state index in [2.05, 4.69) is 4.74 Å². The molecule has 0 bridgehead atoms. The van der Waals surface area contributed by atoms with Crippen molar-refractivity contribution >= 4 is 21.8 Å². The molecule has 1 fully saturated rings. The van der Waals surface area contributed by atoms with Crippen LogP contribution in [0.3, 0.4) is 0 Å². The third-order valence-electron chi connectivity index (χ3n) is 3.62. The van der Waals surface area contributed by atoms with Gasteiger partial charge < -0.3 is 9.64 Å². The van der Waals surface area contributed by atoms with Crippen molar-refractivity contribution in [2.45, 2.75) is 23.7 Å². The zero-order valence-corrected chi connectivity index (χ0v) is 15.6. The van der Waals surface area contributed by atoms with Gasteiger partial charge in [-0.1, -0.05) is 0 Å². The number of benzene rings is 1. The van der Waals surface area contributed by atoms with Crippen molar-refractivity contribution in [3.05, 3.63) is 24.3 Å². The molecule has 0 spiro atoms. The number of thioether (sulfide) groups is 1. The van der Waals surface area contributed by atoms with Gasteiger partial charge in [0.05, 0.1) is 4.90 Å². The molecule has 1 aliphatic rings. The van der Waals surface area contributed by atoms with Crippen LogP contribution in [0, 0.1) is 0 Å². The molecule has 10 heteroatoms. The van der Waals surface area contributed by atoms with E-state index in [0.29, 0.717) is 18.8 Å². The maximum Gasteiger partial charge on any atom is 0.573 e. The quantitative estimate of drug-likeness (QED) is 0.763. The Hall–Kier alpha value is -0.970. The van der Waals surface area contributed by atoms with E-state index in [0.717, 1.165) is 36.4 Å². The molecule has 142 valence electrons. The van der Waals surface area contributed by atoms with Gasteiger partial charge in [-0.25, -0.2) is 8.42 Å². The maximum atomic E-state index is 13.0. The molecule has 0 aliphatic carbocycles. The fourth-order valence-corrected chi connectivity index (χ4v) is 5.44. The third-order valence-corrected chi connectivity index (χ3v) is 6.79. The molecule has 0 amide bonds. The van der Waals surface area contributed by atoms with Crippen LogP contribution in [0.25, 0.3) is 0 Å². The summed E-state index contributed by atoms with van der Waals surface area (Å²) in [5.74, 6) is 1.13. The number of alkyl halides is 3. The molecule has 2 rings (SSSR count). The van der Waals surface area contributed by atoms with Crippen molar-refractivity contribution in [3.63, 3.8) is 0 Å². The lowest BCUT2D eigenvalue weighted by Gasteiger charge is -2.30. The Bertz CT molecular complexity index is 664. The van der Waals surface area contributed by atoms with Gasteiger partial charge in [0.15, 0.2) is 0 Å². The molecule has 1 atom stereocenters. The number of hydrogen-bond acceptors (Lipinski definition) is 5. The molecule has 25 heavy (non-hydrogen) atoms. The van der Waals surface area contributed by atoms with E-state index in [9.17, 15) is 21.6 Å². The Morgan fingerprint density at radius 3 is 2.48 bits per heavy atom. The summed E-state index contributed by atoms with van der Waals surface area (Å²) in [6.45, 7) is 0.982. The van der Waals surface area contributed by atoms with Crippen LogP contribution in [0.5, 0.6) is 5.75 Å². The van der Waals surface area contributed by atoms with Gasteiger partial charge in [-0.3, -0.25) is 0 Å². The van der Waals surface area contributed by atoms with Crippen LogP contribution in [0.15, 0.2) is 29.2 Å². The average molecular weight is 398 g/mol. The maximum absolute atomic E-state index is 13.0. The second-order valence-electron chi connectivity index (χ2n) is 5.98. The second kappa shape index (κ2) is 8.15. The van der Waals surface area contributed by atoms with Crippen LogP contribution in [-0.2, 0) is 10.0 Å². The van der Waals surface area contributed by atoms with E-state index in [1.165, 1.54) is 4.31 Å². The van der Waals surface area contributed by atoms with E-state index in [1.807, 2.05) is 19.0 Å². The van der Waals surface area contributed by atoms with Gasteiger partial charge >= 0.3 is 6.36 Å². The zero-order chi connectivity index (χ0) is 18.7. The Morgan fingerprint density at radius 1 is 1.28 bits per heavy atom. The summed E-state index contributed by atoms with van der Waals surface area (Å²) in [4.78, 5) is 1.90. The number of ether oxygens (including phenoxy) is 1. The minimum Gasteiger partial charge on any atom is -0.406 e. The molecule has 0 N–H and O–H groups in total. The van der Waals surface area contributed by atoms with Crippen LogP contribution in [0.4, 0.5) is 13.2 Å². The first-order valence-electron chi connectivity index (χ1n) is 7.70. The molecule has 1 aromatic carbocycles. The minimum absolute atomic E-state index is 0.0299. The van der Waals surface area contributed by atoms with Crippen LogP contribution in [0.1, 0.15) is 6.42 Å². The molecule has 5 nitrogen and oxygen atoms in total. The lowest BCUT2D eigenvalue weighted by Crippen LogP contribution is -2.46. The normalized spacial score (nSPS) is 20.5. The van der Waals surface area contributed by atoms with Crippen LogP contribution in [-0.4, -0.2) is 68.7 Å². The van der Waals surface area contributed by atoms with Gasteiger partial charge in [-0.2, -0.15) is 16.1 Å². The molecular formula is C15H21F3N2O3S2. The molecule has 0 aromatic heterocycles.